The van der Waals surface area contributed by atoms with Crippen molar-refractivity contribution in [3.63, 3.8) is 0 Å². The van der Waals surface area contributed by atoms with Gasteiger partial charge in [-0.05, 0) is 94.2 Å². The Labute approximate surface area is 235 Å². The molecule has 4 aromatic carbocycles. The smallest absolute Gasteiger partial charge is 0.266 e. The number of aryl methyl sites for hydroxylation is 1. The number of amides is 1. The van der Waals surface area contributed by atoms with Crippen molar-refractivity contribution in [1.82, 2.24) is 0 Å². The largest absolute Gasteiger partial charge is 0.489 e. The third kappa shape index (κ3) is 7.72. The van der Waals surface area contributed by atoms with Crippen molar-refractivity contribution in [2.24, 2.45) is 0 Å². The number of nitriles is 1. The molecule has 7 heteroatoms. The number of rotatable bonds is 9. The number of hydrogen-bond donors (Lipinski definition) is 1. The van der Waals surface area contributed by atoms with Gasteiger partial charge in [-0.2, -0.15) is 5.26 Å². The van der Waals surface area contributed by atoms with E-state index in [0.717, 1.165) is 15.6 Å². The highest BCUT2D eigenvalue weighted by Gasteiger charge is 2.11. The molecular formula is C31H24BrClN2O3. The molecule has 0 aliphatic rings. The third-order valence-electron chi connectivity index (χ3n) is 5.54. The van der Waals surface area contributed by atoms with Gasteiger partial charge in [0.05, 0.1) is 4.47 Å². The maximum atomic E-state index is 12.7. The molecule has 0 atom stereocenters. The van der Waals surface area contributed by atoms with Crippen LogP contribution in [0.25, 0.3) is 6.08 Å². The van der Waals surface area contributed by atoms with Crippen molar-refractivity contribution in [3.05, 3.63) is 128 Å². The highest BCUT2D eigenvalue weighted by molar-refractivity contribution is 9.10. The molecule has 4 rings (SSSR count). The van der Waals surface area contributed by atoms with Crippen molar-refractivity contribution < 1.29 is 14.3 Å². The molecule has 0 aromatic heterocycles. The zero-order chi connectivity index (χ0) is 26.9. The molecule has 0 bridgehead atoms. The maximum Gasteiger partial charge on any atom is 0.266 e. The first-order valence-corrected chi connectivity index (χ1v) is 12.9. The Morgan fingerprint density at radius 3 is 2.37 bits per heavy atom. The molecule has 0 heterocycles. The topological polar surface area (TPSA) is 71.3 Å². The van der Waals surface area contributed by atoms with Crippen LogP contribution in [0.5, 0.6) is 11.5 Å². The number of nitrogens with one attached hydrogen (secondary N) is 1. The second-order valence-electron chi connectivity index (χ2n) is 8.53. The van der Waals surface area contributed by atoms with E-state index in [1.54, 1.807) is 36.4 Å². The van der Waals surface area contributed by atoms with Gasteiger partial charge in [0.15, 0.2) is 0 Å². The summed E-state index contributed by atoms with van der Waals surface area (Å²) in [7, 11) is 0. The Balaban J connectivity index is 1.35. The number of benzene rings is 4. The second-order valence-corrected chi connectivity index (χ2v) is 9.82. The van der Waals surface area contributed by atoms with Crippen LogP contribution in [-0.2, 0) is 18.0 Å². The average molecular weight is 588 g/mol. The normalized spacial score (nSPS) is 10.9. The van der Waals surface area contributed by atoms with Crippen LogP contribution in [0, 0.1) is 18.3 Å². The van der Waals surface area contributed by atoms with Gasteiger partial charge in [0.25, 0.3) is 5.91 Å². The maximum absolute atomic E-state index is 12.7. The minimum Gasteiger partial charge on any atom is -0.489 e. The number of halogens is 2. The molecular weight excluding hydrogens is 564 g/mol. The summed E-state index contributed by atoms with van der Waals surface area (Å²) in [4.78, 5) is 12.7. The first-order chi connectivity index (χ1) is 18.4. The number of ether oxygens (including phenoxy) is 2. The highest BCUT2D eigenvalue weighted by Crippen LogP contribution is 2.28. The van der Waals surface area contributed by atoms with Crippen LogP contribution in [0.15, 0.2) is 101 Å². The van der Waals surface area contributed by atoms with Gasteiger partial charge >= 0.3 is 0 Å². The van der Waals surface area contributed by atoms with E-state index in [9.17, 15) is 10.1 Å². The van der Waals surface area contributed by atoms with Crippen molar-refractivity contribution in [3.8, 4) is 17.6 Å². The lowest BCUT2D eigenvalue weighted by atomic mass is 10.1. The number of carbonyl (C=O) groups excluding carboxylic acids is 1. The first-order valence-electron chi connectivity index (χ1n) is 11.8. The van der Waals surface area contributed by atoms with Crippen LogP contribution in [0.4, 0.5) is 5.69 Å². The van der Waals surface area contributed by atoms with E-state index < -0.39 is 5.91 Å². The van der Waals surface area contributed by atoms with Crippen molar-refractivity contribution in [1.29, 1.82) is 5.26 Å². The predicted octanol–water partition coefficient (Wildman–Crippen LogP) is 8.11. The van der Waals surface area contributed by atoms with Crippen LogP contribution in [0.1, 0.15) is 22.3 Å². The zero-order valence-electron chi connectivity index (χ0n) is 20.6. The lowest BCUT2D eigenvalue weighted by Crippen LogP contribution is -2.13. The van der Waals surface area contributed by atoms with Crippen LogP contribution in [-0.4, -0.2) is 5.91 Å². The molecule has 0 spiro atoms. The Morgan fingerprint density at radius 2 is 1.68 bits per heavy atom. The van der Waals surface area contributed by atoms with Crippen LogP contribution >= 0.6 is 27.5 Å². The first kappa shape index (κ1) is 27.0. The van der Waals surface area contributed by atoms with E-state index >= 15 is 0 Å². The Hall–Kier alpha value is -4.05. The molecule has 0 unspecified atom stereocenters. The molecule has 5 nitrogen and oxygen atoms in total. The Kier molecular flexibility index (Phi) is 9.21. The number of nitrogens with zero attached hydrogens (tertiary/aromatic N) is 1. The molecule has 0 aliphatic carbocycles. The van der Waals surface area contributed by atoms with Gasteiger partial charge in [-0.25, -0.2) is 0 Å². The van der Waals surface area contributed by atoms with E-state index in [1.165, 1.54) is 11.6 Å². The number of anilines is 1. The van der Waals surface area contributed by atoms with Crippen molar-refractivity contribution >= 4 is 45.2 Å². The fraction of sp³-hybridized carbons (Fsp3) is 0.0968. The van der Waals surface area contributed by atoms with E-state index in [2.05, 4.69) is 27.3 Å². The fourth-order valence-corrected chi connectivity index (χ4v) is 4.22. The quantitative estimate of drug-likeness (QED) is 0.159. The molecule has 0 radical (unpaired) electrons. The summed E-state index contributed by atoms with van der Waals surface area (Å²) >= 11 is 9.43. The van der Waals surface area contributed by atoms with E-state index in [0.29, 0.717) is 41.0 Å². The lowest BCUT2D eigenvalue weighted by molar-refractivity contribution is -0.112. The molecule has 0 saturated heterocycles. The Bertz CT molecular complexity index is 1490. The van der Waals surface area contributed by atoms with E-state index in [-0.39, 0.29) is 5.57 Å². The van der Waals surface area contributed by atoms with Crippen molar-refractivity contribution in [2.45, 2.75) is 20.1 Å². The molecule has 0 aliphatic heterocycles. The van der Waals surface area contributed by atoms with Crippen LogP contribution in [0.3, 0.4) is 0 Å². The summed E-state index contributed by atoms with van der Waals surface area (Å²) in [6.07, 6.45) is 1.54. The molecule has 0 fully saturated rings. The van der Waals surface area contributed by atoms with Gasteiger partial charge in [-0.1, -0.05) is 59.6 Å². The molecule has 1 N–H and O–H groups in total. The summed E-state index contributed by atoms with van der Waals surface area (Å²) in [5.41, 5.74) is 4.46. The Morgan fingerprint density at radius 1 is 0.947 bits per heavy atom. The standard InChI is InChI=1S/C31H24BrClN2O3/c1-21-3-2-4-24(15-21)20-38-30-14-7-23(17-29(30)32)16-25(18-34)31(36)35-27-10-12-28(13-11-27)37-19-22-5-8-26(33)9-6-22/h2-17H,19-20H2,1H3,(H,35,36)/b25-16+. The van der Waals surface area contributed by atoms with Gasteiger partial charge in [-0.3, -0.25) is 4.79 Å². The van der Waals surface area contributed by atoms with E-state index in [4.69, 9.17) is 21.1 Å². The van der Waals surface area contributed by atoms with Gasteiger partial charge < -0.3 is 14.8 Å². The molecule has 4 aromatic rings. The van der Waals surface area contributed by atoms with Crippen LogP contribution in [0.2, 0.25) is 5.02 Å². The minimum absolute atomic E-state index is 0.0200. The molecule has 38 heavy (non-hydrogen) atoms. The third-order valence-corrected chi connectivity index (χ3v) is 6.41. The fourth-order valence-electron chi connectivity index (χ4n) is 3.58. The number of carbonyl (C=O) groups is 1. The van der Waals surface area contributed by atoms with Gasteiger partial charge in [0, 0.05) is 10.7 Å². The second kappa shape index (κ2) is 13.0. The zero-order valence-corrected chi connectivity index (χ0v) is 22.9. The summed E-state index contributed by atoms with van der Waals surface area (Å²) in [6.45, 7) is 2.87. The minimum atomic E-state index is -0.502. The summed E-state index contributed by atoms with van der Waals surface area (Å²) in [6, 6.07) is 29.9. The molecule has 190 valence electrons. The highest BCUT2D eigenvalue weighted by atomic mass is 79.9. The van der Waals surface area contributed by atoms with E-state index in [1.807, 2.05) is 61.5 Å². The summed E-state index contributed by atoms with van der Waals surface area (Å²) in [5.74, 6) is 0.826. The predicted molar refractivity (Wildman–Crippen MR) is 154 cm³/mol. The summed E-state index contributed by atoms with van der Waals surface area (Å²) < 4.78 is 12.4. The van der Waals surface area contributed by atoms with Gasteiger partial charge in [0.1, 0.15) is 36.4 Å². The molecule has 1 amide bonds. The lowest BCUT2D eigenvalue weighted by Gasteiger charge is -2.10. The number of hydrogen-bond acceptors (Lipinski definition) is 4. The van der Waals surface area contributed by atoms with Gasteiger partial charge in [0.2, 0.25) is 0 Å². The molecule has 0 saturated carbocycles. The summed E-state index contributed by atoms with van der Waals surface area (Å²) in [5, 5.41) is 13.0. The average Bonchev–Trinajstić information content (AvgIpc) is 2.91. The van der Waals surface area contributed by atoms with Gasteiger partial charge in [-0.15, -0.1) is 0 Å². The monoisotopic (exact) mass is 586 g/mol. The van der Waals surface area contributed by atoms with Crippen LogP contribution < -0.4 is 14.8 Å². The van der Waals surface area contributed by atoms with Crippen molar-refractivity contribution in [2.75, 3.05) is 5.32 Å². The SMILES string of the molecule is Cc1cccc(COc2ccc(/C=C(\C#N)C(=O)Nc3ccc(OCc4ccc(Cl)cc4)cc3)cc2Br)c1.